The van der Waals surface area contributed by atoms with Crippen molar-refractivity contribution >= 4 is 23.3 Å². The van der Waals surface area contributed by atoms with E-state index in [1.54, 1.807) is 37.5 Å². The third-order valence-electron chi connectivity index (χ3n) is 4.90. The van der Waals surface area contributed by atoms with Gasteiger partial charge in [0.05, 0.1) is 18.5 Å². The van der Waals surface area contributed by atoms with Crippen molar-refractivity contribution in [2.24, 2.45) is 0 Å². The van der Waals surface area contributed by atoms with E-state index in [1.807, 2.05) is 66.1 Å². The first kappa shape index (κ1) is 19.9. The molecular formula is C25H20N4O2. The second-order valence-corrected chi connectivity index (χ2v) is 6.95. The number of benzene rings is 2. The number of carbonyl (C=O) groups excluding carboxylic acids is 1. The molecule has 2 aromatic heterocycles. The number of hydrogen-bond acceptors (Lipinski definition) is 4. The summed E-state index contributed by atoms with van der Waals surface area (Å²) in [7, 11) is 1.55. The van der Waals surface area contributed by atoms with E-state index in [4.69, 9.17) is 9.72 Å². The summed E-state index contributed by atoms with van der Waals surface area (Å²) in [6, 6.07) is 22.6. The van der Waals surface area contributed by atoms with Gasteiger partial charge in [-0.3, -0.25) is 9.20 Å². The van der Waals surface area contributed by atoms with Gasteiger partial charge < -0.3 is 10.1 Å². The first-order valence-corrected chi connectivity index (χ1v) is 9.71. The smallest absolute Gasteiger partial charge is 0.266 e. The third-order valence-corrected chi connectivity index (χ3v) is 4.90. The number of ether oxygens (including phenoxy) is 1. The van der Waals surface area contributed by atoms with Crippen molar-refractivity contribution in [1.82, 2.24) is 9.38 Å². The standard InChI is InChI=1S/C25H20N4O2/c1-17-8-7-13-29-22(23(28-24(17)29)18-9-4-3-5-10-18)14-19(16-26)25(30)27-20-11-6-12-21(15-20)31-2/h3-15H,1-2H3,(H,27,30)/b19-14+. The number of imidazole rings is 1. The maximum Gasteiger partial charge on any atom is 0.266 e. The predicted molar refractivity (Wildman–Crippen MR) is 121 cm³/mol. The number of rotatable bonds is 5. The summed E-state index contributed by atoms with van der Waals surface area (Å²) in [5.41, 5.74) is 4.57. The number of hydrogen-bond donors (Lipinski definition) is 1. The molecule has 2 aromatic carbocycles. The second kappa shape index (κ2) is 8.56. The molecular weight excluding hydrogens is 388 g/mol. The molecule has 0 atom stereocenters. The van der Waals surface area contributed by atoms with E-state index in [2.05, 4.69) is 5.32 Å². The number of fused-ring (bicyclic) bond motifs is 1. The molecule has 0 saturated heterocycles. The summed E-state index contributed by atoms with van der Waals surface area (Å²) < 4.78 is 7.09. The van der Waals surface area contributed by atoms with Crippen LogP contribution in [0.5, 0.6) is 5.75 Å². The Kier molecular flexibility index (Phi) is 5.50. The average Bonchev–Trinajstić information content (AvgIpc) is 3.17. The van der Waals surface area contributed by atoms with Gasteiger partial charge in [0.2, 0.25) is 0 Å². The Morgan fingerprint density at radius 1 is 1.13 bits per heavy atom. The number of pyridine rings is 1. The molecule has 0 spiro atoms. The fourth-order valence-corrected chi connectivity index (χ4v) is 3.35. The zero-order valence-electron chi connectivity index (χ0n) is 17.2. The molecule has 1 amide bonds. The molecule has 31 heavy (non-hydrogen) atoms. The van der Waals surface area contributed by atoms with Gasteiger partial charge in [0.15, 0.2) is 0 Å². The number of nitrogens with zero attached hydrogens (tertiary/aromatic N) is 3. The SMILES string of the molecule is COc1cccc(NC(=O)/C(C#N)=C/c2c(-c3ccccc3)nc3c(C)cccn23)c1. The Bertz CT molecular complexity index is 1330. The molecule has 0 aliphatic heterocycles. The summed E-state index contributed by atoms with van der Waals surface area (Å²) in [4.78, 5) is 17.6. The van der Waals surface area contributed by atoms with Crippen molar-refractivity contribution < 1.29 is 9.53 Å². The molecule has 0 unspecified atom stereocenters. The summed E-state index contributed by atoms with van der Waals surface area (Å²) >= 11 is 0. The molecule has 0 aliphatic rings. The Morgan fingerprint density at radius 3 is 2.68 bits per heavy atom. The van der Waals surface area contributed by atoms with Crippen LogP contribution in [0.4, 0.5) is 5.69 Å². The van der Waals surface area contributed by atoms with Crippen molar-refractivity contribution in [1.29, 1.82) is 5.26 Å². The number of anilines is 1. The predicted octanol–water partition coefficient (Wildman–Crippen LogP) is 4.86. The number of nitrogens with one attached hydrogen (secondary N) is 1. The minimum atomic E-state index is -0.502. The minimum Gasteiger partial charge on any atom is -0.497 e. The van der Waals surface area contributed by atoms with Gasteiger partial charge in [-0.2, -0.15) is 5.26 Å². The Hall–Kier alpha value is -4.37. The monoisotopic (exact) mass is 408 g/mol. The quantitative estimate of drug-likeness (QED) is 0.378. The molecule has 0 radical (unpaired) electrons. The summed E-state index contributed by atoms with van der Waals surface area (Å²) in [5, 5.41) is 12.5. The van der Waals surface area contributed by atoms with Gasteiger partial charge in [0.1, 0.15) is 23.0 Å². The molecule has 6 nitrogen and oxygen atoms in total. The van der Waals surface area contributed by atoms with Crippen LogP contribution in [-0.2, 0) is 4.79 Å². The normalized spacial score (nSPS) is 11.2. The molecule has 4 rings (SSSR count). The van der Waals surface area contributed by atoms with E-state index in [0.717, 1.165) is 16.8 Å². The highest BCUT2D eigenvalue weighted by Crippen LogP contribution is 2.28. The molecule has 152 valence electrons. The highest BCUT2D eigenvalue weighted by Gasteiger charge is 2.17. The van der Waals surface area contributed by atoms with E-state index in [1.165, 1.54) is 0 Å². The van der Waals surface area contributed by atoms with Crippen molar-refractivity contribution in [3.8, 4) is 23.1 Å². The van der Waals surface area contributed by atoms with Gasteiger partial charge in [-0.25, -0.2) is 4.98 Å². The van der Waals surface area contributed by atoms with Crippen LogP contribution in [-0.4, -0.2) is 22.4 Å². The average molecular weight is 408 g/mol. The van der Waals surface area contributed by atoms with Gasteiger partial charge in [-0.15, -0.1) is 0 Å². The number of aromatic nitrogens is 2. The third kappa shape index (κ3) is 4.02. The van der Waals surface area contributed by atoms with Gasteiger partial charge in [0, 0.05) is 23.5 Å². The van der Waals surface area contributed by atoms with E-state index < -0.39 is 5.91 Å². The largest absolute Gasteiger partial charge is 0.497 e. The summed E-state index contributed by atoms with van der Waals surface area (Å²) in [6.45, 7) is 1.98. The van der Waals surface area contributed by atoms with Crippen LogP contribution >= 0.6 is 0 Å². The highest BCUT2D eigenvalue weighted by molar-refractivity contribution is 6.10. The lowest BCUT2D eigenvalue weighted by Gasteiger charge is -2.07. The van der Waals surface area contributed by atoms with Crippen molar-refractivity contribution in [2.45, 2.75) is 6.92 Å². The summed E-state index contributed by atoms with van der Waals surface area (Å²) in [5.74, 6) is 0.112. The number of amides is 1. The number of aryl methyl sites for hydroxylation is 1. The second-order valence-electron chi connectivity index (χ2n) is 6.95. The first-order chi connectivity index (χ1) is 15.1. The molecule has 2 heterocycles. The fourth-order valence-electron chi connectivity index (χ4n) is 3.35. The Labute approximate surface area is 180 Å². The van der Waals surface area contributed by atoms with Gasteiger partial charge in [-0.05, 0) is 36.8 Å². The Morgan fingerprint density at radius 2 is 1.94 bits per heavy atom. The number of nitriles is 1. The highest BCUT2D eigenvalue weighted by atomic mass is 16.5. The van der Waals surface area contributed by atoms with Crippen LogP contribution in [0.3, 0.4) is 0 Å². The lowest BCUT2D eigenvalue weighted by atomic mass is 10.1. The Balaban J connectivity index is 1.80. The van der Waals surface area contributed by atoms with Crippen molar-refractivity contribution in [3.63, 3.8) is 0 Å². The molecule has 0 saturated carbocycles. The van der Waals surface area contributed by atoms with Crippen LogP contribution in [0.2, 0.25) is 0 Å². The molecule has 6 heteroatoms. The lowest BCUT2D eigenvalue weighted by Crippen LogP contribution is -2.13. The van der Waals surface area contributed by atoms with Crippen molar-refractivity contribution in [2.75, 3.05) is 12.4 Å². The zero-order chi connectivity index (χ0) is 21.8. The van der Waals surface area contributed by atoms with Crippen molar-refractivity contribution in [3.05, 3.63) is 89.8 Å². The zero-order valence-corrected chi connectivity index (χ0v) is 17.2. The van der Waals surface area contributed by atoms with Gasteiger partial charge >= 0.3 is 0 Å². The van der Waals surface area contributed by atoms with Crippen LogP contribution in [0.15, 0.2) is 78.5 Å². The van der Waals surface area contributed by atoms with E-state index in [0.29, 0.717) is 22.8 Å². The van der Waals surface area contributed by atoms with Crippen LogP contribution < -0.4 is 10.1 Å². The van der Waals surface area contributed by atoms with E-state index in [-0.39, 0.29) is 5.57 Å². The topological polar surface area (TPSA) is 79.4 Å². The molecule has 4 aromatic rings. The molecule has 0 bridgehead atoms. The lowest BCUT2D eigenvalue weighted by molar-refractivity contribution is -0.112. The number of carbonyl (C=O) groups is 1. The first-order valence-electron chi connectivity index (χ1n) is 9.71. The fraction of sp³-hybridized carbons (Fsp3) is 0.0800. The van der Waals surface area contributed by atoms with Crippen LogP contribution in [0, 0.1) is 18.3 Å². The molecule has 1 N–H and O–H groups in total. The summed E-state index contributed by atoms with van der Waals surface area (Å²) in [6.07, 6.45) is 3.46. The van der Waals surface area contributed by atoms with Gasteiger partial charge in [0.25, 0.3) is 5.91 Å². The van der Waals surface area contributed by atoms with Crippen LogP contribution in [0.25, 0.3) is 23.0 Å². The van der Waals surface area contributed by atoms with Crippen LogP contribution in [0.1, 0.15) is 11.3 Å². The number of methoxy groups -OCH3 is 1. The molecule has 0 aliphatic carbocycles. The van der Waals surface area contributed by atoms with E-state index >= 15 is 0 Å². The maximum atomic E-state index is 12.8. The maximum absolute atomic E-state index is 12.8. The van der Waals surface area contributed by atoms with Gasteiger partial charge in [-0.1, -0.05) is 42.5 Å². The minimum absolute atomic E-state index is 0.0247. The molecule has 0 fully saturated rings. The van der Waals surface area contributed by atoms with E-state index in [9.17, 15) is 10.1 Å².